The van der Waals surface area contributed by atoms with E-state index in [4.69, 9.17) is 26.9 Å². The fraction of sp³-hybridized carbons (Fsp3) is 0.600. The molecule has 20 heavy (non-hydrogen) atoms. The van der Waals surface area contributed by atoms with Crippen LogP contribution < -0.4 is 16.0 Å². The summed E-state index contributed by atoms with van der Waals surface area (Å²) in [5.41, 5.74) is 5.23. The summed E-state index contributed by atoms with van der Waals surface area (Å²) in [6, 6.07) is 4.19. The maximum Gasteiger partial charge on any atom is 0.125 e. The van der Waals surface area contributed by atoms with Crippen molar-refractivity contribution in [3.8, 4) is 5.75 Å². The number of hydrogen-bond acceptors (Lipinski definition) is 4. The van der Waals surface area contributed by atoms with Gasteiger partial charge in [-0.25, -0.2) is 0 Å². The van der Waals surface area contributed by atoms with Gasteiger partial charge in [-0.3, -0.25) is 11.3 Å². The lowest BCUT2D eigenvalue weighted by Gasteiger charge is -2.18. The van der Waals surface area contributed by atoms with Gasteiger partial charge in [0, 0.05) is 30.7 Å². The average molecular weight is 299 g/mol. The molecule has 1 aliphatic rings. The monoisotopic (exact) mass is 298 g/mol. The number of hydrogen-bond donors (Lipinski definition) is 2. The zero-order chi connectivity index (χ0) is 14.4. The molecule has 0 aromatic heterocycles. The summed E-state index contributed by atoms with van der Waals surface area (Å²) in [6.07, 6.45) is 3.73. The molecule has 0 fully saturated rings. The third kappa shape index (κ3) is 4.09. The van der Waals surface area contributed by atoms with E-state index in [1.807, 2.05) is 19.1 Å². The minimum atomic E-state index is 0.210. The molecule has 1 atom stereocenters. The van der Waals surface area contributed by atoms with Crippen molar-refractivity contribution in [2.24, 2.45) is 5.84 Å². The van der Waals surface area contributed by atoms with Gasteiger partial charge in [-0.15, -0.1) is 0 Å². The minimum Gasteiger partial charge on any atom is -0.493 e. The predicted octanol–water partition coefficient (Wildman–Crippen LogP) is 2.47. The normalized spacial score (nSPS) is 14.9. The van der Waals surface area contributed by atoms with Gasteiger partial charge in [-0.05, 0) is 49.4 Å². The lowest BCUT2D eigenvalue weighted by Crippen LogP contribution is -2.37. The quantitative estimate of drug-likeness (QED) is 0.440. The van der Waals surface area contributed by atoms with Crippen molar-refractivity contribution in [2.45, 2.75) is 38.6 Å². The summed E-state index contributed by atoms with van der Waals surface area (Å²) in [4.78, 5) is 0. The van der Waals surface area contributed by atoms with Crippen LogP contribution in [0.25, 0.3) is 0 Å². The van der Waals surface area contributed by atoms with Crippen LogP contribution in [0.15, 0.2) is 12.1 Å². The molecule has 5 heteroatoms. The molecule has 0 saturated heterocycles. The van der Waals surface area contributed by atoms with Crippen molar-refractivity contribution in [1.82, 2.24) is 5.43 Å². The molecular formula is C15H23ClN2O2. The second kappa shape index (κ2) is 7.84. The fourth-order valence-corrected chi connectivity index (χ4v) is 2.85. The van der Waals surface area contributed by atoms with E-state index in [-0.39, 0.29) is 6.04 Å². The molecule has 112 valence electrons. The van der Waals surface area contributed by atoms with E-state index in [1.54, 1.807) is 0 Å². The third-order valence-electron chi connectivity index (χ3n) is 3.57. The number of fused-ring (bicyclic) bond motifs is 1. The predicted molar refractivity (Wildman–Crippen MR) is 81.2 cm³/mol. The molecule has 4 nitrogen and oxygen atoms in total. The van der Waals surface area contributed by atoms with Gasteiger partial charge in [0.25, 0.3) is 0 Å². The number of nitrogens with two attached hydrogens (primary N) is 1. The SMILES string of the molecule is CCOCCCC(Cc1cc(Cl)cc2c1OCC2)NN. The topological polar surface area (TPSA) is 56.5 Å². The first-order valence-electron chi connectivity index (χ1n) is 7.22. The first-order valence-corrected chi connectivity index (χ1v) is 7.60. The molecular weight excluding hydrogens is 276 g/mol. The van der Waals surface area contributed by atoms with Gasteiger partial charge in [0.1, 0.15) is 5.75 Å². The Morgan fingerprint density at radius 3 is 3.10 bits per heavy atom. The van der Waals surface area contributed by atoms with Crippen LogP contribution in [0.4, 0.5) is 0 Å². The van der Waals surface area contributed by atoms with Crippen LogP contribution >= 0.6 is 11.6 Å². The highest BCUT2D eigenvalue weighted by Gasteiger charge is 2.19. The van der Waals surface area contributed by atoms with Crippen LogP contribution in [-0.4, -0.2) is 25.9 Å². The fourth-order valence-electron chi connectivity index (χ4n) is 2.58. The number of nitrogens with one attached hydrogen (secondary N) is 1. The highest BCUT2D eigenvalue weighted by atomic mass is 35.5. The maximum absolute atomic E-state index is 6.17. The van der Waals surface area contributed by atoms with E-state index in [0.717, 1.165) is 61.8 Å². The summed E-state index contributed by atoms with van der Waals surface area (Å²) in [5.74, 6) is 6.65. The number of rotatable bonds is 8. The molecule has 2 rings (SSSR count). The summed E-state index contributed by atoms with van der Waals surface area (Å²) in [5, 5.41) is 0.773. The Bertz CT molecular complexity index is 440. The van der Waals surface area contributed by atoms with Crippen molar-refractivity contribution in [1.29, 1.82) is 0 Å². The van der Waals surface area contributed by atoms with Gasteiger partial charge in [0.05, 0.1) is 6.61 Å². The minimum absolute atomic E-state index is 0.210. The standard InChI is InChI=1S/C15H23ClN2O2/c1-2-19-6-3-4-14(18-17)10-12-9-13(16)8-11-5-7-20-15(11)12/h8-9,14,18H,2-7,10,17H2,1H3. The molecule has 1 aliphatic heterocycles. The second-order valence-corrected chi connectivity index (χ2v) is 5.49. The molecule has 0 saturated carbocycles. The average Bonchev–Trinajstić information content (AvgIpc) is 2.90. The Labute approximate surface area is 125 Å². The molecule has 3 N–H and O–H groups in total. The van der Waals surface area contributed by atoms with Crippen molar-refractivity contribution in [3.05, 3.63) is 28.3 Å². The summed E-state index contributed by atoms with van der Waals surface area (Å²) in [6.45, 7) is 4.29. The summed E-state index contributed by atoms with van der Waals surface area (Å²) >= 11 is 6.17. The van der Waals surface area contributed by atoms with Crippen LogP contribution in [0.2, 0.25) is 5.02 Å². The van der Waals surface area contributed by atoms with Crippen molar-refractivity contribution < 1.29 is 9.47 Å². The van der Waals surface area contributed by atoms with E-state index in [1.165, 1.54) is 5.56 Å². The van der Waals surface area contributed by atoms with Crippen molar-refractivity contribution >= 4 is 11.6 Å². The van der Waals surface area contributed by atoms with Crippen molar-refractivity contribution in [2.75, 3.05) is 19.8 Å². The van der Waals surface area contributed by atoms with Gasteiger partial charge in [-0.1, -0.05) is 11.6 Å². The number of hydrazine groups is 1. The molecule has 0 amide bonds. The van der Waals surface area contributed by atoms with Crippen LogP contribution in [0.1, 0.15) is 30.9 Å². The summed E-state index contributed by atoms with van der Waals surface area (Å²) in [7, 11) is 0. The molecule has 1 aromatic rings. The maximum atomic E-state index is 6.17. The molecule has 0 bridgehead atoms. The van der Waals surface area contributed by atoms with Gasteiger partial charge < -0.3 is 9.47 Å². The van der Waals surface area contributed by atoms with Crippen LogP contribution in [0, 0.1) is 0 Å². The molecule has 0 radical (unpaired) electrons. The lowest BCUT2D eigenvalue weighted by atomic mass is 9.99. The number of halogens is 1. The van der Waals surface area contributed by atoms with E-state index >= 15 is 0 Å². The lowest BCUT2D eigenvalue weighted by molar-refractivity contribution is 0.140. The van der Waals surface area contributed by atoms with E-state index in [9.17, 15) is 0 Å². The van der Waals surface area contributed by atoms with Gasteiger partial charge in [0.2, 0.25) is 0 Å². The Balaban J connectivity index is 1.97. The van der Waals surface area contributed by atoms with Crippen molar-refractivity contribution in [3.63, 3.8) is 0 Å². The Hall–Kier alpha value is -0.810. The summed E-state index contributed by atoms with van der Waals surface area (Å²) < 4.78 is 11.1. The largest absolute Gasteiger partial charge is 0.493 e. The van der Waals surface area contributed by atoms with Gasteiger partial charge in [-0.2, -0.15) is 0 Å². The first-order chi connectivity index (χ1) is 9.74. The second-order valence-electron chi connectivity index (χ2n) is 5.06. The molecule has 1 heterocycles. The smallest absolute Gasteiger partial charge is 0.125 e. The van der Waals surface area contributed by atoms with E-state index < -0.39 is 0 Å². The Morgan fingerprint density at radius 1 is 1.50 bits per heavy atom. The van der Waals surface area contributed by atoms with Crippen LogP contribution in [-0.2, 0) is 17.6 Å². The zero-order valence-electron chi connectivity index (χ0n) is 12.0. The zero-order valence-corrected chi connectivity index (χ0v) is 12.7. The number of ether oxygens (including phenoxy) is 2. The number of benzene rings is 1. The molecule has 0 spiro atoms. The van der Waals surface area contributed by atoms with Gasteiger partial charge >= 0.3 is 0 Å². The highest BCUT2D eigenvalue weighted by Crippen LogP contribution is 2.33. The highest BCUT2D eigenvalue weighted by molar-refractivity contribution is 6.30. The Morgan fingerprint density at radius 2 is 2.35 bits per heavy atom. The Kier molecular flexibility index (Phi) is 6.10. The first kappa shape index (κ1) is 15.6. The van der Waals surface area contributed by atoms with Crippen LogP contribution in [0.5, 0.6) is 5.75 Å². The van der Waals surface area contributed by atoms with E-state index in [0.29, 0.717) is 0 Å². The molecule has 0 aliphatic carbocycles. The van der Waals surface area contributed by atoms with Gasteiger partial charge in [0.15, 0.2) is 0 Å². The molecule has 1 unspecified atom stereocenters. The van der Waals surface area contributed by atoms with Crippen LogP contribution in [0.3, 0.4) is 0 Å². The molecule has 1 aromatic carbocycles. The van der Waals surface area contributed by atoms with E-state index in [2.05, 4.69) is 5.43 Å². The third-order valence-corrected chi connectivity index (χ3v) is 3.79.